The van der Waals surface area contributed by atoms with E-state index in [0.717, 1.165) is 19.0 Å². The monoisotopic (exact) mass is 230 g/mol. The molecule has 3 heteroatoms. The zero-order valence-corrected chi connectivity index (χ0v) is 10.3. The summed E-state index contributed by atoms with van der Waals surface area (Å²) in [6.45, 7) is 6.04. The Bertz CT molecular complexity index is 172. The molecule has 1 unspecified atom stereocenters. The Kier molecular flexibility index (Phi) is 4.73. The summed E-state index contributed by atoms with van der Waals surface area (Å²) in [6.07, 6.45) is 6.78. The maximum absolute atomic E-state index is 6.21. The van der Waals surface area contributed by atoms with E-state index in [1.165, 1.54) is 51.7 Å². The topological polar surface area (TPSA) is 15.3 Å². The molecule has 15 heavy (non-hydrogen) atoms. The molecule has 1 atom stereocenters. The number of hydrogen-bond donors (Lipinski definition) is 1. The van der Waals surface area contributed by atoms with Gasteiger partial charge >= 0.3 is 0 Å². The second kappa shape index (κ2) is 6.07. The minimum Gasteiger partial charge on any atom is -0.315 e. The summed E-state index contributed by atoms with van der Waals surface area (Å²) in [5.41, 5.74) is 0. The van der Waals surface area contributed by atoms with Crippen LogP contribution in [-0.4, -0.2) is 43.0 Å². The fourth-order valence-corrected chi connectivity index (χ4v) is 2.66. The van der Waals surface area contributed by atoms with E-state index in [2.05, 4.69) is 10.2 Å². The summed E-state index contributed by atoms with van der Waals surface area (Å²) >= 11 is 6.21. The van der Waals surface area contributed by atoms with Crippen LogP contribution in [0.1, 0.15) is 32.1 Å². The highest BCUT2D eigenvalue weighted by Gasteiger charge is 2.28. The third kappa shape index (κ3) is 4.29. The summed E-state index contributed by atoms with van der Waals surface area (Å²) in [7, 11) is 0. The smallest absolute Gasteiger partial charge is 0.0488 e. The predicted octanol–water partition coefficient (Wildman–Crippen LogP) is 2.08. The molecule has 2 aliphatic rings. The van der Waals surface area contributed by atoms with Gasteiger partial charge in [0.1, 0.15) is 0 Å². The maximum Gasteiger partial charge on any atom is 0.0488 e. The molecule has 1 aliphatic heterocycles. The Morgan fingerprint density at radius 3 is 2.67 bits per heavy atom. The SMILES string of the molecule is ClC(CNCCCN1CCCC1)C1CC1. The number of nitrogens with zero attached hydrogens (tertiary/aromatic N) is 1. The Labute approximate surface area is 98.4 Å². The Morgan fingerprint density at radius 2 is 2.00 bits per heavy atom. The van der Waals surface area contributed by atoms with Crippen molar-refractivity contribution in [3.05, 3.63) is 0 Å². The van der Waals surface area contributed by atoms with Gasteiger partial charge in [-0.25, -0.2) is 0 Å². The molecule has 0 aromatic heterocycles. The molecule has 0 spiro atoms. The van der Waals surface area contributed by atoms with Crippen LogP contribution in [0.3, 0.4) is 0 Å². The number of hydrogen-bond acceptors (Lipinski definition) is 2. The quantitative estimate of drug-likeness (QED) is 0.532. The molecule has 1 saturated heterocycles. The van der Waals surface area contributed by atoms with Gasteiger partial charge in [-0.15, -0.1) is 11.6 Å². The zero-order valence-electron chi connectivity index (χ0n) is 9.55. The number of nitrogens with one attached hydrogen (secondary N) is 1. The van der Waals surface area contributed by atoms with Crippen molar-refractivity contribution in [2.75, 3.05) is 32.7 Å². The van der Waals surface area contributed by atoms with Gasteiger partial charge in [0, 0.05) is 11.9 Å². The third-order valence-electron chi connectivity index (χ3n) is 3.50. The molecule has 1 heterocycles. The van der Waals surface area contributed by atoms with E-state index in [1.807, 2.05) is 0 Å². The number of alkyl halides is 1. The van der Waals surface area contributed by atoms with E-state index >= 15 is 0 Å². The lowest BCUT2D eigenvalue weighted by Gasteiger charge is -2.15. The van der Waals surface area contributed by atoms with Crippen molar-refractivity contribution in [2.45, 2.75) is 37.5 Å². The Hall–Kier alpha value is 0.210. The van der Waals surface area contributed by atoms with Gasteiger partial charge in [0.25, 0.3) is 0 Å². The minimum atomic E-state index is 0.386. The summed E-state index contributed by atoms with van der Waals surface area (Å²) in [5, 5.41) is 3.86. The zero-order chi connectivity index (χ0) is 10.5. The summed E-state index contributed by atoms with van der Waals surface area (Å²) in [5.74, 6) is 0.817. The van der Waals surface area contributed by atoms with E-state index in [4.69, 9.17) is 11.6 Å². The molecule has 1 N–H and O–H groups in total. The van der Waals surface area contributed by atoms with Crippen LogP contribution in [0.15, 0.2) is 0 Å². The van der Waals surface area contributed by atoms with Crippen molar-refractivity contribution < 1.29 is 0 Å². The first-order valence-corrected chi connectivity index (χ1v) is 6.87. The maximum atomic E-state index is 6.21. The van der Waals surface area contributed by atoms with E-state index < -0.39 is 0 Å². The molecular weight excluding hydrogens is 208 g/mol. The van der Waals surface area contributed by atoms with Gasteiger partial charge < -0.3 is 10.2 Å². The molecule has 0 amide bonds. The lowest BCUT2D eigenvalue weighted by molar-refractivity contribution is 0.331. The second-order valence-electron chi connectivity index (χ2n) is 4.96. The highest BCUT2D eigenvalue weighted by molar-refractivity contribution is 6.21. The lowest BCUT2D eigenvalue weighted by atomic mass is 10.3. The molecule has 2 fully saturated rings. The standard InChI is InChI=1S/C12H23ClN2/c13-12(11-4-5-11)10-14-6-3-9-15-7-1-2-8-15/h11-12,14H,1-10H2. The van der Waals surface area contributed by atoms with Crippen molar-refractivity contribution >= 4 is 11.6 Å². The average molecular weight is 231 g/mol. The fourth-order valence-electron chi connectivity index (χ4n) is 2.30. The molecule has 2 nitrogen and oxygen atoms in total. The Balaban J connectivity index is 1.41. The van der Waals surface area contributed by atoms with Gasteiger partial charge in [-0.2, -0.15) is 0 Å². The summed E-state index contributed by atoms with van der Waals surface area (Å²) < 4.78 is 0. The van der Waals surface area contributed by atoms with Crippen LogP contribution in [-0.2, 0) is 0 Å². The molecule has 0 aromatic carbocycles. The third-order valence-corrected chi connectivity index (χ3v) is 4.01. The van der Waals surface area contributed by atoms with Crippen LogP contribution in [0, 0.1) is 5.92 Å². The average Bonchev–Trinajstić information content (AvgIpc) is 2.97. The van der Waals surface area contributed by atoms with Crippen LogP contribution in [0.2, 0.25) is 0 Å². The molecule has 0 radical (unpaired) electrons. The molecule has 2 rings (SSSR count). The summed E-state index contributed by atoms with van der Waals surface area (Å²) in [4.78, 5) is 2.57. The van der Waals surface area contributed by atoms with Gasteiger partial charge in [-0.1, -0.05) is 0 Å². The van der Waals surface area contributed by atoms with E-state index in [9.17, 15) is 0 Å². The van der Waals surface area contributed by atoms with E-state index in [0.29, 0.717) is 5.38 Å². The van der Waals surface area contributed by atoms with Crippen LogP contribution in [0.25, 0.3) is 0 Å². The van der Waals surface area contributed by atoms with E-state index in [1.54, 1.807) is 0 Å². The van der Waals surface area contributed by atoms with Crippen LogP contribution in [0.4, 0.5) is 0 Å². The molecule has 1 saturated carbocycles. The molecule has 0 bridgehead atoms. The minimum absolute atomic E-state index is 0.386. The molecule has 0 aromatic rings. The van der Waals surface area contributed by atoms with Crippen molar-refractivity contribution in [3.8, 4) is 0 Å². The first-order chi connectivity index (χ1) is 7.36. The Morgan fingerprint density at radius 1 is 1.27 bits per heavy atom. The van der Waals surface area contributed by atoms with Gasteiger partial charge in [-0.3, -0.25) is 0 Å². The second-order valence-corrected chi connectivity index (χ2v) is 5.52. The largest absolute Gasteiger partial charge is 0.315 e. The first-order valence-electron chi connectivity index (χ1n) is 6.43. The fraction of sp³-hybridized carbons (Fsp3) is 1.00. The number of rotatable bonds is 7. The van der Waals surface area contributed by atoms with Crippen molar-refractivity contribution in [2.24, 2.45) is 5.92 Å². The van der Waals surface area contributed by atoms with Crippen molar-refractivity contribution in [3.63, 3.8) is 0 Å². The normalized spacial score (nSPS) is 24.6. The number of likely N-dealkylation sites (tertiary alicyclic amines) is 1. The lowest BCUT2D eigenvalue weighted by Crippen LogP contribution is -2.28. The van der Waals surface area contributed by atoms with Crippen molar-refractivity contribution in [1.82, 2.24) is 10.2 Å². The molecule has 1 aliphatic carbocycles. The van der Waals surface area contributed by atoms with Gasteiger partial charge in [0.15, 0.2) is 0 Å². The first kappa shape index (κ1) is 11.7. The highest BCUT2D eigenvalue weighted by Crippen LogP contribution is 2.35. The van der Waals surface area contributed by atoms with E-state index in [-0.39, 0.29) is 0 Å². The van der Waals surface area contributed by atoms with Gasteiger partial charge in [0.05, 0.1) is 0 Å². The summed E-state index contributed by atoms with van der Waals surface area (Å²) in [6, 6.07) is 0. The highest BCUT2D eigenvalue weighted by atomic mass is 35.5. The molecule has 88 valence electrons. The number of halogens is 1. The van der Waals surface area contributed by atoms with Crippen molar-refractivity contribution in [1.29, 1.82) is 0 Å². The predicted molar refractivity (Wildman–Crippen MR) is 65.5 cm³/mol. The van der Waals surface area contributed by atoms with Crippen LogP contribution in [0.5, 0.6) is 0 Å². The van der Waals surface area contributed by atoms with Crippen LogP contribution >= 0.6 is 11.6 Å². The van der Waals surface area contributed by atoms with Crippen LogP contribution < -0.4 is 5.32 Å². The van der Waals surface area contributed by atoms with Gasteiger partial charge in [-0.05, 0) is 64.2 Å². The van der Waals surface area contributed by atoms with Gasteiger partial charge in [0.2, 0.25) is 0 Å². The molecular formula is C12H23ClN2.